The Bertz CT molecular complexity index is 1170. The van der Waals surface area contributed by atoms with E-state index in [2.05, 4.69) is 5.32 Å². The van der Waals surface area contributed by atoms with E-state index in [1.54, 1.807) is 37.1 Å². The number of nitrogens with one attached hydrogen (secondary N) is 1. The minimum absolute atomic E-state index is 0.0289. The van der Waals surface area contributed by atoms with Gasteiger partial charge >= 0.3 is 6.03 Å². The van der Waals surface area contributed by atoms with E-state index < -0.39 is 17.5 Å². The SMILES string of the molecule is CN1C(=O)Cc2cc(C(=O)CN3C(=O)N[C@@](C)(c4ccc5c(c4)CCC5)C3=O)ccc21. The highest BCUT2D eigenvalue weighted by atomic mass is 16.2. The molecule has 2 heterocycles. The average Bonchev–Trinajstić information content (AvgIpc) is 3.39. The van der Waals surface area contributed by atoms with Crippen LogP contribution in [0, 0.1) is 0 Å². The zero-order valence-corrected chi connectivity index (χ0v) is 17.5. The van der Waals surface area contributed by atoms with Crippen molar-refractivity contribution in [2.75, 3.05) is 18.5 Å². The maximum absolute atomic E-state index is 13.2. The molecule has 2 aromatic carbocycles. The van der Waals surface area contributed by atoms with E-state index in [1.165, 1.54) is 11.1 Å². The van der Waals surface area contributed by atoms with Gasteiger partial charge in [-0.1, -0.05) is 18.2 Å². The van der Waals surface area contributed by atoms with Crippen molar-refractivity contribution in [2.45, 2.75) is 38.1 Å². The number of carbonyl (C=O) groups excluding carboxylic acids is 4. The van der Waals surface area contributed by atoms with Gasteiger partial charge in [0.05, 0.1) is 13.0 Å². The minimum atomic E-state index is -1.19. The Morgan fingerprint density at radius 2 is 1.81 bits per heavy atom. The van der Waals surface area contributed by atoms with E-state index in [1.807, 2.05) is 18.2 Å². The largest absolute Gasteiger partial charge is 0.325 e. The van der Waals surface area contributed by atoms with Crippen molar-refractivity contribution in [3.8, 4) is 0 Å². The molecule has 0 radical (unpaired) electrons. The first kappa shape index (κ1) is 19.5. The first-order valence-electron chi connectivity index (χ1n) is 10.5. The van der Waals surface area contributed by atoms with Gasteiger partial charge in [-0.05, 0) is 66.6 Å². The van der Waals surface area contributed by atoms with Gasteiger partial charge in [-0.25, -0.2) is 4.79 Å². The third-order valence-electron chi connectivity index (χ3n) is 6.73. The lowest BCUT2D eigenvalue weighted by molar-refractivity contribution is -0.130. The molecule has 158 valence electrons. The molecule has 1 N–H and O–H groups in total. The minimum Gasteiger partial charge on any atom is -0.319 e. The number of fused-ring (bicyclic) bond motifs is 2. The summed E-state index contributed by atoms with van der Waals surface area (Å²) in [4.78, 5) is 53.2. The molecule has 1 aliphatic carbocycles. The zero-order valence-electron chi connectivity index (χ0n) is 17.5. The van der Waals surface area contributed by atoms with Gasteiger partial charge in [0, 0.05) is 18.3 Å². The molecule has 2 aliphatic heterocycles. The van der Waals surface area contributed by atoms with Gasteiger partial charge in [-0.15, -0.1) is 0 Å². The number of nitrogens with zero attached hydrogens (tertiary/aromatic N) is 2. The Labute approximate surface area is 180 Å². The number of urea groups is 1. The van der Waals surface area contributed by atoms with Crippen LogP contribution in [0.4, 0.5) is 10.5 Å². The normalized spacial score (nSPS) is 22.1. The number of likely N-dealkylation sites (N-methyl/N-ethyl adjacent to an activating group) is 1. The van der Waals surface area contributed by atoms with Gasteiger partial charge in [-0.3, -0.25) is 19.3 Å². The highest BCUT2D eigenvalue weighted by molar-refractivity contribution is 6.11. The predicted octanol–water partition coefficient (Wildman–Crippen LogP) is 2.34. The number of aryl methyl sites for hydroxylation is 2. The number of benzene rings is 2. The molecule has 5 rings (SSSR count). The fourth-order valence-electron chi connectivity index (χ4n) is 4.80. The van der Waals surface area contributed by atoms with E-state index in [-0.39, 0.29) is 24.7 Å². The van der Waals surface area contributed by atoms with Crippen LogP contribution in [0.5, 0.6) is 0 Å². The van der Waals surface area contributed by atoms with Crippen molar-refractivity contribution in [1.82, 2.24) is 10.2 Å². The quantitative estimate of drug-likeness (QED) is 0.611. The molecule has 0 saturated carbocycles. The molecule has 0 bridgehead atoms. The Kier molecular flexibility index (Phi) is 4.25. The van der Waals surface area contributed by atoms with E-state index in [0.29, 0.717) is 5.56 Å². The van der Waals surface area contributed by atoms with Gasteiger partial charge in [0.15, 0.2) is 5.78 Å². The molecule has 3 aliphatic rings. The summed E-state index contributed by atoms with van der Waals surface area (Å²) in [6, 6.07) is 10.4. The molecule has 7 nitrogen and oxygen atoms in total. The fraction of sp³-hybridized carbons (Fsp3) is 0.333. The molecule has 31 heavy (non-hydrogen) atoms. The third kappa shape index (κ3) is 2.95. The second-order valence-electron chi connectivity index (χ2n) is 8.68. The molecular weight excluding hydrogens is 394 g/mol. The van der Waals surface area contributed by atoms with E-state index in [4.69, 9.17) is 0 Å². The standard InChI is InChI=1S/C24H23N3O4/c1-24(18-8-6-14-4-3-5-15(14)11-18)22(30)27(23(31)25-24)13-20(28)16-7-9-19-17(10-16)12-21(29)26(19)2/h6-11H,3-5,12-13H2,1-2H3,(H,25,31)/t24-/m0/s1. The van der Waals surface area contributed by atoms with Crippen molar-refractivity contribution in [1.29, 1.82) is 0 Å². The molecule has 0 spiro atoms. The summed E-state index contributed by atoms with van der Waals surface area (Å²) in [5, 5.41) is 2.78. The van der Waals surface area contributed by atoms with E-state index in [0.717, 1.165) is 41.0 Å². The maximum Gasteiger partial charge on any atom is 0.325 e. The van der Waals surface area contributed by atoms with Crippen LogP contribution in [0.3, 0.4) is 0 Å². The number of hydrogen-bond acceptors (Lipinski definition) is 4. The second-order valence-corrected chi connectivity index (χ2v) is 8.68. The van der Waals surface area contributed by atoms with E-state index >= 15 is 0 Å². The van der Waals surface area contributed by atoms with Crippen LogP contribution in [-0.4, -0.2) is 42.1 Å². The van der Waals surface area contributed by atoms with Gasteiger partial charge in [0.1, 0.15) is 5.54 Å². The van der Waals surface area contributed by atoms with Crippen molar-refractivity contribution in [3.05, 3.63) is 64.2 Å². The Morgan fingerprint density at radius 1 is 1.03 bits per heavy atom. The fourth-order valence-corrected chi connectivity index (χ4v) is 4.80. The van der Waals surface area contributed by atoms with Crippen LogP contribution in [0.15, 0.2) is 36.4 Å². The smallest absolute Gasteiger partial charge is 0.319 e. The lowest BCUT2D eigenvalue weighted by Crippen LogP contribution is -2.41. The molecule has 0 unspecified atom stereocenters. The van der Waals surface area contributed by atoms with Crippen LogP contribution in [0.1, 0.15) is 46.0 Å². The van der Waals surface area contributed by atoms with Crippen LogP contribution >= 0.6 is 0 Å². The number of imide groups is 1. The molecule has 1 fully saturated rings. The number of anilines is 1. The molecular formula is C24H23N3O4. The van der Waals surface area contributed by atoms with E-state index in [9.17, 15) is 19.2 Å². The van der Waals surface area contributed by atoms with Gasteiger partial charge in [-0.2, -0.15) is 0 Å². The van der Waals surface area contributed by atoms with Crippen LogP contribution < -0.4 is 10.2 Å². The van der Waals surface area contributed by atoms with Gasteiger partial charge in [0.25, 0.3) is 5.91 Å². The van der Waals surface area contributed by atoms with Crippen LogP contribution in [0.25, 0.3) is 0 Å². The first-order chi connectivity index (χ1) is 14.8. The molecule has 7 heteroatoms. The summed E-state index contributed by atoms with van der Waals surface area (Å²) in [6.07, 6.45) is 3.35. The molecule has 1 saturated heterocycles. The number of hydrogen-bond donors (Lipinski definition) is 1. The number of carbonyl (C=O) groups is 4. The Morgan fingerprint density at radius 3 is 2.61 bits per heavy atom. The summed E-state index contributed by atoms with van der Waals surface area (Å²) < 4.78 is 0. The summed E-state index contributed by atoms with van der Waals surface area (Å²) in [7, 11) is 1.70. The highest BCUT2D eigenvalue weighted by Gasteiger charge is 2.49. The second kappa shape index (κ2) is 6.77. The van der Waals surface area contributed by atoms with Gasteiger partial charge < -0.3 is 10.2 Å². The number of amides is 4. The summed E-state index contributed by atoms with van der Waals surface area (Å²) in [5.41, 5.74) is 3.99. The first-order valence-corrected chi connectivity index (χ1v) is 10.5. The summed E-state index contributed by atoms with van der Waals surface area (Å²) in [6.45, 7) is 1.35. The Balaban J connectivity index is 1.37. The molecule has 4 amide bonds. The van der Waals surface area contributed by atoms with Crippen molar-refractivity contribution in [3.63, 3.8) is 0 Å². The monoisotopic (exact) mass is 417 g/mol. The molecule has 1 atom stereocenters. The summed E-state index contributed by atoms with van der Waals surface area (Å²) in [5.74, 6) is -0.801. The number of Topliss-reactive ketones (excluding diaryl/α,β-unsaturated/α-hetero) is 1. The lowest BCUT2D eigenvalue weighted by Gasteiger charge is -2.23. The average molecular weight is 417 g/mol. The maximum atomic E-state index is 13.2. The number of ketones is 1. The van der Waals surface area contributed by atoms with Crippen molar-refractivity contribution < 1.29 is 19.2 Å². The van der Waals surface area contributed by atoms with Crippen molar-refractivity contribution in [2.24, 2.45) is 0 Å². The zero-order chi connectivity index (χ0) is 21.9. The Hall–Kier alpha value is -3.48. The van der Waals surface area contributed by atoms with Crippen molar-refractivity contribution >= 4 is 29.3 Å². The topological polar surface area (TPSA) is 86.8 Å². The van der Waals surface area contributed by atoms with Gasteiger partial charge in [0.2, 0.25) is 5.91 Å². The summed E-state index contributed by atoms with van der Waals surface area (Å²) >= 11 is 0. The molecule has 0 aromatic heterocycles. The third-order valence-corrected chi connectivity index (χ3v) is 6.73. The van der Waals surface area contributed by atoms with Crippen LogP contribution in [-0.2, 0) is 34.4 Å². The molecule has 2 aromatic rings. The number of rotatable bonds is 4. The van der Waals surface area contributed by atoms with Crippen LogP contribution in [0.2, 0.25) is 0 Å². The highest BCUT2D eigenvalue weighted by Crippen LogP contribution is 2.33. The predicted molar refractivity (Wildman–Crippen MR) is 114 cm³/mol. The lowest BCUT2D eigenvalue weighted by atomic mass is 9.89.